The molecule has 0 aliphatic heterocycles. The number of anilines is 1. The molecular weight excluding hydrogens is 311 g/mol. The van der Waals surface area contributed by atoms with Crippen molar-refractivity contribution in [2.24, 2.45) is 0 Å². The van der Waals surface area contributed by atoms with Gasteiger partial charge in [-0.05, 0) is 23.3 Å². The summed E-state index contributed by atoms with van der Waals surface area (Å²) in [5.74, 6) is -4.77. The molecule has 6 nitrogen and oxygen atoms in total. The predicted molar refractivity (Wildman–Crippen MR) is 73.8 cm³/mol. The van der Waals surface area contributed by atoms with Crippen LogP contribution in [0.1, 0.15) is 32.1 Å². The van der Waals surface area contributed by atoms with Gasteiger partial charge in [0, 0.05) is 17.8 Å². The Morgan fingerprint density at radius 1 is 1.13 bits per heavy atom. The molecule has 1 amide bonds. The van der Waals surface area contributed by atoms with Crippen LogP contribution in [0.3, 0.4) is 0 Å². The van der Waals surface area contributed by atoms with Crippen LogP contribution in [0.5, 0.6) is 0 Å². The normalized spacial score (nSPS) is 17.0. The molecule has 0 unspecified atom stereocenters. The summed E-state index contributed by atoms with van der Waals surface area (Å²) in [5, 5.41) is 13.4. The number of rotatable bonds is 3. The summed E-state index contributed by atoms with van der Waals surface area (Å²) >= 11 is 0. The first kappa shape index (κ1) is 15.4. The molecule has 0 atom stereocenters. The van der Waals surface area contributed by atoms with Crippen molar-refractivity contribution in [1.29, 1.82) is 0 Å². The minimum Gasteiger partial charge on any atom is -0.324 e. The Balaban J connectivity index is 1.91. The number of carbonyl (C=O) groups is 1. The Morgan fingerprint density at radius 3 is 2.35 bits per heavy atom. The number of carbonyl (C=O) groups excluding carboxylic acids is 1. The number of amides is 1. The molecule has 0 saturated heterocycles. The van der Waals surface area contributed by atoms with E-state index in [-0.39, 0.29) is 5.69 Å². The first-order chi connectivity index (χ1) is 11.0. The lowest BCUT2D eigenvalue weighted by Gasteiger charge is -2.35. The topological polar surface area (TPSA) is 72.7 Å². The lowest BCUT2D eigenvalue weighted by Crippen LogP contribution is -2.47. The number of benzene rings is 1. The van der Waals surface area contributed by atoms with Gasteiger partial charge in [-0.25, -0.2) is 17.9 Å². The molecule has 1 N–H and O–H groups in total. The molecule has 1 aliphatic rings. The molecule has 1 fully saturated rings. The number of halogens is 3. The maximum atomic E-state index is 13.3. The van der Waals surface area contributed by atoms with Crippen molar-refractivity contribution in [3.05, 3.63) is 35.9 Å². The van der Waals surface area contributed by atoms with Crippen molar-refractivity contribution < 1.29 is 18.0 Å². The fourth-order valence-electron chi connectivity index (χ4n) is 2.93. The van der Waals surface area contributed by atoms with Crippen molar-refractivity contribution in [1.82, 2.24) is 20.2 Å². The third-order valence-electron chi connectivity index (χ3n) is 4.13. The average molecular weight is 325 g/mol. The maximum absolute atomic E-state index is 13.3. The van der Waals surface area contributed by atoms with E-state index in [1.54, 1.807) is 0 Å². The van der Waals surface area contributed by atoms with Gasteiger partial charge >= 0.3 is 0 Å². The van der Waals surface area contributed by atoms with Gasteiger partial charge in [0.25, 0.3) is 5.91 Å². The summed E-state index contributed by atoms with van der Waals surface area (Å²) < 4.78 is 41.0. The second kappa shape index (κ2) is 5.98. The molecule has 1 heterocycles. The van der Waals surface area contributed by atoms with Gasteiger partial charge in [-0.1, -0.05) is 19.3 Å². The summed E-state index contributed by atoms with van der Waals surface area (Å²) in [6.45, 7) is 0. The highest BCUT2D eigenvalue weighted by molar-refractivity contribution is 5.96. The summed E-state index contributed by atoms with van der Waals surface area (Å²) in [6.07, 6.45) is 4.96. The minimum atomic E-state index is -1.57. The number of hydrogen-bond acceptors (Lipinski definition) is 4. The van der Waals surface area contributed by atoms with Crippen LogP contribution >= 0.6 is 0 Å². The van der Waals surface area contributed by atoms with E-state index in [9.17, 15) is 18.0 Å². The van der Waals surface area contributed by atoms with Gasteiger partial charge in [0.05, 0.1) is 0 Å². The van der Waals surface area contributed by atoms with Gasteiger partial charge < -0.3 is 5.32 Å². The van der Waals surface area contributed by atoms with Gasteiger partial charge in [-0.2, -0.15) is 0 Å². The van der Waals surface area contributed by atoms with Crippen LogP contribution in [0.4, 0.5) is 18.9 Å². The van der Waals surface area contributed by atoms with Crippen LogP contribution in [0.15, 0.2) is 18.5 Å². The monoisotopic (exact) mass is 325 g/mol. The Labute approximate surface area is 129 Å². The highest BCUT2D eigenvalue weighted by Gasteiger charge is 2.42. The molecule has 1 saturated carbocycles. The Morgan fingerprint density at radius 2 is 1.78 bits per heavy atom. The molecule has 0 spiro atoms. The molecule has 3 rings (SSSR count). The van der Waals surface area contributed by atoms with E-state index in [1.807, 2.05) is 0 Å². The Hall–Kier alpha value is -2.45. The number of hydrogen-bond donors (Lipinski definition) is 1. The smallest absolute Gasteiger partial charge is 0.252 e. The van der Waals surface area contributed by atoms with E-state index >= 15 is 0 Å². The fraction of sp³-hybridized carbons (Fsp3) is 0.429. The molecule has 122 valence electrons. The van der Waals surface area contributed by atoms with Crippen molar-refractivity contribution in [3.63, 3.8) is 0 Å². The molecule has 0 bridgehead atoms. The van der Waals surface area contributed by atoms with E-state index in [0.29, 0.717) is 12.8 Å². The van der Waals surface area contributed by atoms with Gasteiger partial charge in [0.1, 0.15) is 11.9 Å². The van der Waals surface area contributed by atoms with Gasteiger partial charge in [-0.3, -0.25) is 4.79 Å². The van der Waals surface area contributed by atoms with Crippen molar-refractivity contribution in [2.75, 3.05) is 5.32 Å². The first-order valence-corrected chi connectivity index (χ1v) is 7.22. The molecule has 1 aromatic carbocycles. The van der Waals surface area contributed by atoms with Gasteiger partial charge in [-0.15, -0.1) is 5.10 Å². The van der Waals surface area contributed by atoms with Crippen molar-refractivity contribution in [2.45, 2.75) is 37.6 Å². The predicted octanol–water partition coefficient (Wildman–Crippen LogP) is 2.39. The maximum Gasteiger partial charge on any atom is 0.252 e. The van der Waals surface area contributed by atoms with E-state index in [1.165, 1.54) is 11.0 Å². The molecule has 1 aromatic heterocycles. The third kappa shape index (κ3) is 2.78. The third-order valence-corrected chi connectivity index (χ3v) is 4.13. The standard InChI is InChI=1S/C14H14F3N5O/c15-10-6-9(7-11(16)12(10)17)19-13(23)14(4-2-1-3-5-14)22-8-18-20-21-22/h6-8H,1-5H2,(H,19,23). The van der Waals surface area contributed by atoms with Crippen LogP contribution in [-0.2, 0) is 10.3 Å². The van der Waals surface area contributed by atoms with Crippen molar-refractivity contribution >= 4 is 11.6 Å². The SMILES string of the molecule is O=C(Nc1cc(F)c(F)c(F)c1)C1(n2cnnn2)CCCCC1. The van der Waals surface area contributed by atoms with Crippen LogP contribution in [0, 0.1) is 17.5 Å². The van der Waals surface area contributed by atoms with Crippen LogP contribution in [-0.4, -0.2) is 26.1 Å². The second-order valence-electron chi connectivity index (χ2n) is 5.55. The average Bonchev–Trinajstić information content (AvgIpc) is 3.08. The number of nitrogens with zero attached hydrogens (tertiary/aromatic N) is 4. The zero-order valence-electron chi connectivity index (χ0n) is 12.1. The molecule has 2 aromatic rings. The molecule has 0 radical (unpaired) electrons. The van der Waals surface area contributed by atoms with Crippen LogP contribution < -0.4 is 5.32 Å². The highest BCUT2D eigenvalue weighted by Crippen LogP contribution is 2.35. The summed E-state index contributed by atoms with van der Waals surface area (Å²) in [7, 11) is 0. The molecular formula is C14H14F3N5O. The van der Waals surface area contributed by atoms with E-state index < -0.39 is 28.9 Å². The zero-order chi connectivity index (χ0) is 16.4. The van der Waals surface area contributed by atoms with Crippen molar-refractivity contribution in [3.8, 4) is 0 Å². The number of nitrogens with one attached hydrogen (secondary N) is 1. The van der Waals surface area contributed by atoms with E-state index in [0.717, 1.165) is 31.4 Å². The quantitative estimate of drug-likeness (QED) is 0.880. The number of aromatic nitrogens is 4. The Kier molecular flexibility index (Phi) is 4.01. The largest absolute Gasteiger partial charge is 0.324 e. The highest BCUT2D eigenvalue weighted by atomic mass is 19.2. The summed E-state index contributed by atoms with van der Waals surface area (Å²) in [5.41, 5.74) is -1.16. The van der Waals surface area contributed by atoms with E-state index in [2.05, 4.69) is 20.8 Å². The zero-order valence-corrected chi connectivity index (χ0v) is 12.1. The number of tetrazole rings is 1. The van der Waals surface area contributed by atoms with E-state index in [4.69, 9.17) is 0 Å². The first-order valence-electron chi connectivity index (χ1n) is 7.22. The Bertz CT molecular complexity index is 690. The van der Waals surface area contributed by atoms with Gasteiger partial charge in [0.2, 0.25) is 0 Å². The lowest BCUT2D eigenvalue weighted by molar-refractivity contribution is -0.126. The fourth-order valence-corrected chi connectivity index (χ4v) is 2.93. The molecule has 23 heavy (non-hydrogen) atoms. The second-order valence-corrected chi connectivity index (χ2v) is 5.55. The summed E-state index contributed by atoms with van der Waals surface area (Å²) in [4.78, 5) is 12.7. The van der Waals surface area contributed by atoms with Crippen LogP contribution in [0.2, 0.25) is 0 Å². The minimum absolute atomic E-state index is 0.149. The van der Waals surface area contributed by atoms with Gasteiger partial charge in [0.15, 0.2) is 17.5 Å². The molecule has 9 heteroatoms. The lowest BCUT2D eigenvalue weighted by atomic mass is 9.81. The summed E-state index contributed by atoms with van der Waals surface area (Å²) in [6, 6.07) is 1.48. The van der Waals surface area contributed by atoms with Crippen LogP contribution in [0.25, 0.3) is 0 Å². The molecule has 1 aliphatic carbocycles.